The van der Waals surface area contributed by atoms with Crippen LogP contribution in [0.15, 0.2) is 23.3 Å². The number of hydrogen-bond donors (Lipinski definition) is 2. The average Bonchev–Trinajstić information content (AvgIpc) is 2.48. The van der Waals surface area contributed by atoms with Crippen molar-refractivity contribution in [1.82, 2.24) is 9.97 Å². The number of aromatic amines is 1. The second-order valence-corrected chi connectivity index (χ2v) is 5.22. The predicted molar refractivity (Wildman–Crippen MR) is 81.8 cm³/mol. The maximum Gasteiger partial charge on any atom is 0.343 e. The maximum absolute atomic E-state index is 12.3. The molecule has 21 heavy (non-hydrogen) atoms. The van der Waals surface area contributed by atoms with Crippen LogP contribution >= 0.6 is 15.9 Å². The zero-order chi connectivity index (χ0) is 15.2. The average molecular weight is 355 g/mol. The fourth-order valence-corrected chi connectivity index (χ4v) is 2.31. The summed E-state index contributed by atoms with van der Waals surface area (Å²) < 4.78 is 4.93. The molecule has 0 bridgehead atoms. The molecule has 0 saturated heterocycles. The van der Waals surface area contributed by atoms with Crippen molar-refractivity contribution in [2.45, 2.75) is 12.8 Å². The van der Waals surface area contributed by atoms with E-state index in [-0.39, 0.29) is 18.8 Å². The van der Waals surface area contributed by atoms with Crippen LogP contribution in [0.4, 0.5) is 0 Å². The van der Waals surface area contributed by atoms with Crippen LogP contribution in [-0.4, -0.2) is 39.6 Å². The number of rotatable bonds is 6. The first-order chi connectivity index (χ1) is 10.2. The van der Waals surface area contributed by atoms with Gasteiger partial charge in [0.15, 0.2) is 0 Å². The number of halogens is 1. The number of pyridine rings is 2. The number of carbonyl (C=O) groups is 1. The fraction of sp³-hybridized carbons (Fsp3) is 0.357. The lowest BCUT2D eigenvalue weighted by atomic mass is 10.1. The third-order valence-corrected chi connectivity index (χ3v) is 3.32. The van der Waals surface area contributed by atoms with Gasteiger partial charge in [0.05, 0.1) is 12.0 Å². The van der Waals surface area contributed by atoms with E-state index in [2.05, 4.69) is 25.9 Å². The van der Waals surface area contributed by atoms with Gasteiger partial charge >= 0.3 is 5.97 Å². The first-order valence-electron chi connectivity index (χ1n) is 6.51. The van der Waals surface area contributed by atoms with Gasteiger partial charge in [-0.05, 0) is 18.1 Å². The molecule has 0 saturated carbocycles. The molecule has 0 aliphatic carbocycles. The molecule has 0 unspecified atom stereocenters. The number of aromatic nitrogens is 2. The number of aryl methyl sites for hydroxylation is 1. The van der Waals surface area contributed by atoms with Crippen LogP contribution in [-0.2, 0) is 11.2 Å². The number of ether oxygens (including phenoxy) is 1. The summed E-state index contributed by atoms with van der Waals surface area (Å²) in [6, 6.07) is 1.73. The molecule has 112 valence electrons. The number of aliphatic hydroxyl groups excluding tert-OH is 1. The van der Waals surface area contributed by atoms with E-state index in [1.54, 1.807) is 12.3 Å². The number of carbonyl (C=O) groups excluding carboxylic acids is 1. The number of nitrogens with one attached hydrogen (secondary N) is 1. The number of alkyl halides is 1. The molecule has 2 N–H and O–H groups in total. The van der Waals surface area contributed by atoms with Gasteiger partial charge in [0.2, 0.25) is 5.43 Å². The quantitative estimate of drug-likeness (QED) is 0.464. The smallest absolute Gasteiger partial charge is 0.343 e. The lowest BCUT2D eigenvalue weighted by Crippen LogP contribution is -2.19. The molecule has 7 heteroatoms. The van der Waals surface area contributed by atoms with Crippen LogP contribution in [0, 0.1) is 0 Å². The largest absolute Gasteiger partial charge is 0.462 e. The zero-order valence-electron chi connectivity index (χ0n) is 11.3. The standard InChI is InChI=1S/C14H15BrN2O4/c15-3-2-9-6-10-12(19)11(8-17-13(10)16-7-9)14(20)21-5-1-4-18/h6-8,18H,1-5H2,(H,16,17,19). The summed E-state index contributed by atoms with van der Waals surface area (Å²) in [5.41, 5.74) is 0.890. The predicted octanol–water partition coefficient (Wildman–Crippen LogP) is 1.40. The van der Waals surface area contributed by atoms with Crippen molar-refractivity contribution in [2.75, 3.05) is 18.5 Å². The first kappa shape index (κ1) is 15.7. The molecule has 2 aromatic rings. The molecule has 0 aromatic carbocycles. The number of nitrogens with zero attached hydrogens (tertiary/aromatic N) is 1. The van der Waals surface area contributed by atoms with E-state index < -0.39 is 11.4 Å². The highest BCUT2D eigenvalue weighted by atomic mass is 79.9. The van der Waals surface area contributed by atoms with E-state index in [4.69, 9.17) is 9.84 Å². The minimum atomic E-state index is -0.697. The monoisotopic (exact) mass is 354 g/mol. The van der Waals surface area contributed by atoms with E-state index in [0.717, 1.165) is 17.3 Å². The summed E-state index contributed by atoms with van der Waals surface area (Å²) in [5, 5.41) is 9.79. The number of aliphatic hydroxyl groups is 1. The highest BCUT2D eigenvalue weighted by Crippen LogP contribution is 2.10. The molecule has 0 amide bonds. The summed E-state index contributed by atoms with van der Waals surface area (Å²) in [7, 11) is 0. The van der Waals surface area contributed by atoms with Gasteiger partial charge in [-0.3, -0.25) is 4.79 Å². The normalized spacial score (nSPS) is 10.8. The molecule has 2 aromatic heterocycles. The summed E-state index contributed by atoms with van der Waals surface area (Å²) in [6.07, 6.45) is 4.09. The molecule has 0 radical (unpaired) electrons. The van der Waals surface area contributed by atoms with Crippen molar-refractivity contribution in [3.05, 3.63) is 39.8 Å². The number of hydrogen-bond acceptors (Lipinski definition) is 5. The van der Waals surface area contributed by atoms with Gasteiger partial charge in [0.1, 0.15) is 11.2 Å². The number of H-pyrrole nitrogens is 1. The van der Waals surface area contributed by atoms with Gasteiger partial charge in [0.25, 0.3) is 0 Å². The van der Waals surface area contributed by atoms with E-state index >= 15 is 0 Å². The van der Waals surface area contributed by atoms with Gasteiger partial charge in [-0.2, -0.15) is 0 Å². The van der Waals surface area contributed by atoms with E-state index in [1.807, 2.05) is 0 Å². The van der Waals surface area contributed by atoms with E-state index in [1.165, 1.54) is 6.20 Å². The van der Waals surface area contributed by atoms with Gasteiger partial charge in [0, 0.05) is 30.8 Å². The van der Waals surface area contributed by atoms with Crippen molar-refractivity contribution in [1.29, 1.82) is 0 Å². The summed E-state index contributed by atoms with van der Waals surface area (Å²) in [4.78, 5) is 31.2. The molecule has 0 aliphatic rings. The molecule has 0 atom stereocenters. The molecule has 0 spiro atoms. The number of fused-ring (bicyclic) bond motifs is 1. The third-order valence-electron chi connectivity index (χ3n) is 2.93. The Balaban J connectivity index is 2.35. The Morgan fingerprint density at radius 2 is 2.29 bits per heavy atom. The van der Waals surface area contributed by atoms with Gasteiger partial charge in [-0.25, -0.2) is 9.78 Å². The molecular weight excluding hydrogens is 340 g/mol. The first-order valence-corrected chi connectivity index (χ1v) is 7.63. The van der Waals surface area contributed by atoms with Gasteiger partial charge in [-0.1, -0.05) is 15.9 Å². The summed E-state index contributed by atoms with van der Waals surface area (Å²) in [6.45, 7) is 0.00979. The zero-order valence-corrected chi connectivity index (χ0v) is 12.9. The Kier molecular flexibility index (Phi) is 5.46. The van der Waals surface area contributed by atoms with Crippen molar-refractivity contribution < 1.29 is 14.6 Å². The molecule has 2 heterocycles. The third kappa shape index (κ3) is 3.68. The van der Waals surface area contributed by atoms with E-state index in [0.29, 0.717) is 17.5 Å². The molecule has 0 fully saturated rings. The fourth-order valence-electron chi connectivity index (χ4n) is 1.85. The SMILES string of the molecule is O=C(OCCCO)c1c[nH]c2ncc(CCBr)cc2c1=O. The van der Waals surface area contributed by atoms with Crippen LogP contribution in [0.25, 0.3) is 11.0 Å². The Morgan fingerprint density at radius 1 is 1.48 bits per heavy atom. The van der Waals surface area contributed by atoms with Crippen LogP contribution in [0.2, 0.25) is 0 Å². The molecule has 0 aliphatic heterocycles. The van der Waals surface area contributed by atoms with Gasteiger partial charge < -0.3 is 14.8 Å². The van der Waals surface area contributed by atoms with Crippen LogP contribution in [0.5, 0.6) is 0 Å². The second kappa shape index (κ2) is 7.33. The number of esters is 1. The highest BCUT2D eigenvalue weighted by Gasteiger charge is 2.15. The van der Waals surface area contributed by atoms with Crippen molar-refractivity contribution in [3.8, 4) is 0 Å². The summed E-state index contributed by atoms with van der Waals surface area (Å²) in [5.74, 6) is -0.697. The van der Waals surface area contributed by atoms with Crippen LogP contribution < -0.4 is 5.43 Å². The van der Waals surface area contributed by atoms with Crippen molar-refractivity contribution in [3.63, 3.8) is 0 Å². The lowest BCUT2D eigenvalue weighted by Gasteiger charge is -2.05. The molecule has 2 rings (SSSR count). The highest BCUT2D eigenvalue weighted by molar-refractivity contribution is 9.09. The Morgan fingerprint density at radius 3 is 3.00 bits per heavy atom. The minimum absolute atomic E-state index is 0.0572. The second-order valence-electron chi connectivity index (χ2n) is 4.42. The Labute approximate surface area is 129 Å². The van der Waals surface area contributed by atoms with Crippen molar-refractivity contribution >= 4 is 32.9 Å². The lowest BCUT2D eigenvalue weighted by molar-refractivity contribution is 0.0480. The van der Waals surface area contributed by atoms with E-state index in [9.17, 15) is 9.59 Å². The molecule has 6 nitrogen and oxygen atoms in total. The van der Waals surface area contributed by atoms with Gasteiger partial charge in [-0.15, -0.1) is 0 Å². The Hall–Kier alpha value is -1.73. The molecular formula is C14H15BrN2O4. The summed E-state index contributed by atoms with van der Waals surface area (Å²) >= 11 is 3.33. The van der Waals surface area contributed by atoms with Crippen LogP contribution in [0.1, 0.15) is 22.3 Å². The maximum atomic E-state index is 12.3. The van der Waals surface area contributed by atoms with Crippen molar-refractivity contribution in [2.24, 2.45) is 0 Å². The Bertz CT molecular complexity index is 699. The van der Waals surface area contributed by atoms with Crippen LogP contribution in [0.3, 0.4) is 0 Å². The minimum Gasteiger partial charge on any atom is -0.462 e. The topological polar surface area (TPSA) is 92.3 Å².